The Morgan fingerprint density at radius 2 is 2.18 bits per heavy atom. The lowest BCUT2D eigenvalue weighted by molar-refractivity contribution is -0.118. The summed E-state index contributed by atoms with van der Waals surface area (Å²) in [7, 11) is 0. The molecule has 2 rings (SSSR count). The number of carbonyl (C=O) groups excluding carboxylic acids is 1. The highest BCUT2D eigenvalue weighted by Gasteiger charge is 2.17. The monoisotopic (exact) mass is 274 g/mol. The number of hydrogen-bond donors (Lipinski definition) is 2. The van der Waals surface area contributed by atoms with Crippen molar-refractivity contribution in [3.63, 3.8) is 0 Å². The summed E-state index contributed by atoms with van der Waals surface area (Å²) < 4.78 is 0. The first-order chi connectivity index (χ1) is 8.34. The SMILES string of the molecule is O=C(CSC1CCNCC1)NCC1CCCS1. The van der Waals surface area contributed by atoms with E-state index in [0.717, 1.165) is 19.6 Å². The number of piperidine rings is 1. The lowest BCUT2D eigenvalue weighted by atomic mass is 10.2. The van der Waals surface area contributed by atoms with Crippen LogP contribution >= 0.6 is 23.5 Å². The zero-order valence-electron chi connectivity index (χ0n) is 10.2. The van der Waals surface area contributed by atoms with Crippen LogP contribution in [0.15, 0.2) is 0 Å². The highest BCUT2D eigenvalue weighted by atomic mass is 32.2. The van der Waals surface area contributed by atoms with E-state index in [4.69, 9.17) is 0 Å². The maximum atomic E-state index is 11.7. The van der Waals surface area contributed by atoms with Gasteiger partial charge in [0.2, 0.25) is 5.91 Å². The van der Waals surface area contributed by atoms with E-state index < -0.39 is 0 Å². The summed E-state index contributed by atoms with van der Waals surface area (Å²) in [5.74, 6) is 2.13. The van der Waals surface area contributed by atoms with Crippen LogP contribution in [0.2, 0.25) is 0 Å². The van der Waals surface area contributed by atoms with Gasteiger partial charge in [0.15, 0.2) is 0 Å². The zero-order valence-corrected chi connectivity index (χ0v) is 11.9. The quantitative estimate of drug-likeness (QED) is 0.797. The van der Waals surface area contributed by atoms with Gasteiger partial charge in [-0.3, -0.25) is 4.79 Å². The van der Waals surface area contributed by atoms with Gasteiger partial charge in [0.25, 0.3) is 0 Å². The standard InChI is InChI=1S/C12H22N2OS2/c15-12(14-8-11-2-1-7-16-11)9-17-10-3-5-13-6-4-10/h10-11,13H,1-9H2,(H,14,15). The molecule has 5 heteroatoms. The zero-order chi connectivity index (χ0) is 11.9. The highest BCUT2D eigenvalue weighted by Crippen LogP contribution is 2.25. The molecule has 0 saturated carbocycles. The van der Waals surface area contributed by atoms with Crippen LogP contribution in [-0.2, 0) is 4.79 Å². The van der Waals surface area contributed by atoms with Gasteiger partial charge >= 0.3 is 0 Å². The van der Waals surface area contributed by atoms with Crippen molar-refractivity contribution in [1.29, 1.82) is 0 Å². The summed E-state index contributed by atoms with van der Waals surface area (Å²) in [4.78, 5) is 11.7. The number of nitrogens with one attached hydrogen (secondary N) is 2. The van der Waals surface area contributed by atoms with E-state index in [0.29, 0.717) is 16.3 Å². The van der Waals surface area contributed by atoms with Gasteiger partial charge in [0.05, 0.1) is 5.75 Å². The van der Waals surface area contributed by atoms with Gasteiger partial charge < -0.3 is 10.6 Å². The van der Waals surface area contributed by atoms with Crippen molar-refractivity contribution in [3.8, 4) is 0 Å². The second kappa shape index (κ2) is 7.54. The molecular formula is C12H22N2OS2. The fourth-order valence-corrected chi connectivity index (χ4v) is 4.50. The average Bonchev–Trinajstić information content (AvgIpc) is 2.88. The van der Waals surface area contributed by atoms with E-state index >= 15 is 0 Å². The van der Waals surface area contributed by atoms with E-state index in [1.54, 1.807) is 0 Å². The molecule has 3 nitrogen and oxygen atoms in total. The Hall–Kier alpha value is 0.130. The molecule has 0 aliphatic carbocycles. The third-order valence-electron chi connectivity index (χ3n) is 3.29. The molecule has 0 radical (unpaired) electrons. The molecule has 2 fully saturated rings. The van der Waals surface area contributed by atoms with Crippen LogP contribution in [0.1, 0.15) is 25.7 Å². The summed E-state index contributed by atoms with van der Waals surface area (Å²) >= 11 is 3.83. The van der Waals surface area contributed by atoms with Gasteiger partial charge in [0.1, 0.15) is 0 Å². The minimum atomic E-state index is 0.223. The largest absolute Gasteiger partial charge is 0.354 e. The Morgan fingerprint density at radius 3 is 2.88 bits per heavy atom. The Balaban J connectivity index is 1.53. The first-order valence-corrected chi connectivity index (χ1v) is 8.65. The van der Waals surface area contributed by atoms with Gasteiger partial charge in [0, 0.05) is 17.0 Å². The molecule has 17 heavy (non-hydrogen) atoms. The van der Waals surface area contributed by atoms with Crippen LogP contribution in [0.4, 0.5) is 0 Å². The molecule has 2 aliphatic heterocycles. The fourth-order valence-electron chi connectivity index (χ4n) is 2.24. The molecule has 2 N–H and O–H groups in total. The van der Waals surface area contributed by atoms with Crippen LogP contribution in [0, 0.1) is 0 Å². The van der Waals surface area contributed by atoms with Gasteiger partial charge in [-0.05, 0) is 44.5 Å². The third-order valence-corrected chi connectivity index (χ3v) is 6.06. The van der Waals surface area contributed by atoms with Gasteiger partial charge in [-0.15, -0.1) is 11.8 Å². The molecule has 0 spiro atoms. The number of rotatable bonds is 5. The van der Waals surface area contributed by atoms with Crippen LogP contribution in [-0.4, -0.2) is 47.5 Å². The number of amides is 1. The predicted molar refractivity (Wildman–Crippen MR) is 76.8 cm³/mol. The molecular weight excluding hydrogens is 252 g/mol. The molecule has 1 unspecified atom stereocenters. The van der Waals surface area contributed by atoms with Gasteiger partial charge in [-0.2, -0.15) is 11.8 Å². The number of carbonyl (C=O) groups is 1. The minimum absolute atomic E-state index is 0.223. The lowest BCUT2D eigenvalue weighted by Gasteiger charge is -2.21. The summed E-state index contributed by atoms with van der Waals surface area (Å²) in [5, 5.41) is 7.77. The van der Waals surface area contributed by atoms with Crippen molar-refractivity contribution in [1.82, 2.24) is 10.6 Å². The molecule has 0 aromatic rings. The van der Waals surface area contributed by atoms with E-state index in [2.05, 4.69) is 10.6 Å². The summed E-state index contributed by atoms with van der Waals surface area (Å²) in [5.41, 5.74) is 0. The average molecular weight is 274 g/mol. The summed E-state index contributed by atoms with van der Waals surface area (Å²) in [6.45, 7) is 3.09. The first kappa shape index (κ1) is 13.6. The summed E-state index contributed by atoms with van der Waals surface area (Å²) in [6.07, 6.45) is 4.99. The molecule has 98 valence electrons. The topological polar surface area (TPSA) is 41.1 Å². The Morgan fingerprint density at radius 1 is 1.35 bits per heavy atom. The highest BCUT2D eigenvalue weighted by molar-refractivity contribution is 8.00. The van der Waals surface area contributed by atoms with E-state index in [1.165, 1.54) is 31.4 Å². The Labute approximate surface area is 112 Å². The van der Waals surface area contributed by atoms with E-state index in [1.807, 2.05) is 23.5 Å². The van der Waals surface area contributed by atoms with Crippen LogP contribution in [0.5, 0.6) is 0 Å². The molecule has 0 aromatic carbocycles. The van der Waals surface area contributed by atoms with Crippen molar-refractivity contribution in [2.24, 2.45) is 0 Å². The van der Waals surface area contributed by atoms with Crippen molar-refractivity contribution < 1.29 is 4.79 Å². The predicted octanol–water partition coefficient (Wildman–Crippen LogP) is 1.48. The molecule has 2 saturated heterocycles. The fraction of sp³-hybridized carbons (Fsp3) is 0.917. The summed E-state index contributed by atoms with van der Waals surface area (Å²) in [6, 6.07) is 0. The smallest absolute Gasteiger partial charge is 0.230 e. The molecule has 2 heterocycles. The first-order valence-electron chi connectivity index (χ1n) is 6.55. The van der Waals surface area contributed by atoms with E-state index in [9.17, 15) is 4.79 Å². The van der Waals surface area contributed by atoms with Crippen molar-refractivity contribution in [2.75, 3.05) is 31.1 Å². The van der Waals surface area contributed by atoms with Gasteiger partial charge in [-0.1, -0.05) is 0 Å². The minimum Gasteiger partial charge on any atom is -0.354 e. The Kier molecular flexibility index (Phi) is 6.01. The van der Waals surface area contributed by atoms with Crippen LogP contribution < -0.4 is 10.6 Å². The third kappa shape index (κ3) is 5.10. The van der Waals surface area contributed by atoms with E-state index in [-0.39, 0.29) is 5.91 Å². The molecule has 1 atom stereocenters. The molecule has 1 amide bonds. The molecule has 2 aliphatic rings. The lowest BCUT2D eigenvalue weighted by Crippen LogP contribution is -2.33. The van der Waals surface area contributed by atoms with Crippen LogP contribution in [0.25, 0.3) is 0 Å². The van der Waals surface area contributed by atoms with Gasteiger partial charge in [-0.25, -0.2) is 0 Å². The van der Waals surface area contributed by atoms with Crippen molar-refractivity contribution in [3.05, 3.63) is 0 Å². The second-order valence-electron chi connectivity index (χ2n) is 4.70. The molecule has 0 bridgehead atoms. The number of hydrogen-bond acceptors (Lipinski definition) is 4. The normalized spacial score (nSPS) is 26.0. The van der Waals surface area contributed by atoms with Crippen LogP contribution in [0.3, 0.4) is 0 Å². The Bertz CT molecular complexity index is 239. The van der Waals surface area contributed by atoms with Crippen molar-refractivity contribution in [2.45, 2.75) is 36.2 Å². The number of thioether (sulfide) groups is 2. The maximum Gasteiger partial charge on any atom is 0.230 e. The second-order valence-corrected chi connectivity index (χ2v) is 7.40. The maximum absolute atomic E-state index is 11.7. The van der Waals surface area contributed by atoms with Crippen molar-refractivity contribution >= 4 is 29.4 Å². The molecule has 0 aromatic heterocycles.